The molecule has 1 aliphatic heterocycles. The second-order valence-corrected chi connectivity index (χ2v) is 5.39. The average molecular weight is 241 g/mol. The van der Waals surface area contributed by atoms with Crippen molar-refractivity contribution in [2.45, 2.75) is 45.1 Å². The van der Waals surface area contributed by atoms with Gasteiger partial charge in [-0.15, -0.1) is 0 Å². The van der Waals surface area contributed by atoms with Crippen molar-refractivity contribution in [2.24, 2.45) is 0 Å². The molecule has 100 valence electrons. The van der Waals surface area contributed by atoms with E-state index >= 15 is 0 Å². The van der Waals surface area contributed by atoms with Crippen LogP contribution in [0.4, 0.5) is 0 Å². The number of nitrogens with zero attached hydrogens (tertiary/aromatic N) is 1. The second-order valence-electron chi connectivity index (χ2n) is 5.39. The van der Waals surface area contributed by atoms with Crippen molar-refractivity contribution in [3.8, 4) is 0 Å². The van der Waals surface area contributed by atoms with Gasteiger partial charge in [0.05, 0.1) is 5.54 Å². The highest BCUT2D eigenvalue weighted by atomic mass is 16.2. The molecule has 4 nitrogen and oxygen atoms in total. The number of likely N-dealkylation sites (N-methyl/N-ethyl adjacent to an activating group) is 1. The molecule has 0 radical (unpaired) electrons. The third-order valence-electron chi connectivity index (χ3n) is 3.60. The minimum atomic E-state index is -0.473. The lowest BCUT2D eigenvalue weighted by Gasteiger charge is -2.24. The molecule has 0 spiro atoms. The Hall–Kier alpha value is -0.610. The molecule has 0 aromatic heterocycles. The Kier molecular flexibility index (Phi) is 5.92. The van der Waals surface area contributed by atoms with E-state index in [2.05, 4.69) is 15.5 Å². The Morgan fingerprint density at radius 2 is 1.76 bits per heavy atom. The summed E-state index contributed by atoms with van der Waals surface area (Å²) in [4.78, 5) is 14.3. The molecule has 0 unspecified atom stereocenters. The monoisotopic (exact) mass is 241 g/mol. The smallest absolute Gasteiger partial charge is 0.239 e. The predicted molar refractivity (Wildman–Crippen MR) is 71.1 cm³/mol. The van der Waals surface area contributed by atoms with Crippen molar-refractivity contribution in [3.63, 3.8) is 0 Å². The van der Waals surface area contributed by atoms with Crippen molar-refractivity contribution in [3.05, 3.63) is 0 Å². The molecule has 1 saturated heterocycles. The number of amides is 1. The molecule has 1 heterocycles. The Morgan fingerprint density at radius 3 is 2.29 bits per heavy atom. The first-order valence-electron chi connectivity index (χ1n) is 6.76. The highest BCUT2D eigenvalue weighted by molar-refractivity contribution is 5.85. The van der Waals surface area contributed by atoms with Crippen LogP contribution in [0.2, 0.25) is 0 Å². The molecule has 17 heavy (non-hydrogen) atoms. The van der Waals surface area contributed by atoms with Crippen molar-refractivity contribution >= 4 is 5.91 Å². The zero-order chi connectivity index (χ0) is 12.7. The maximum atomic E-state index is 11.8. The van der Waals surface area contributed by atoms with E-state index in [4.69, 9.17) is 0 Å². The standard InChI is InChI=1S/C13H27N3O/c1-13(2,14-3)12(17)15-8-11-16-9-6-4-5-7-10-16/h14H,4-11H2,1-3H3,(H,15,17). The van der Waals surface area contributed by atoms with Gasteiger partial charge in [0.15, 0.2) is 0 Å². The van der Waals surface area contributed by atoms with Crippen LogP contribution in [-0.2, 0) is 4.79 Å². The third-order valence-corrected chi connectivity index (χ3v) is 3.60. The van der Waals surface area contributed by atoms with Crippen molar-refractivity contribution < 1.29 is 4.79 Å². The Morgan fingerprint density at radius 1 is 1.18 bits per heavy atom. The van der Waals surface area contributed by atoms with Gasteiger partial charge in [0.2, 0.25) is 5.91 Å². The van der Waals surface area contributed by atoms with Crippen LogP contribution in [-0.4, -0.2) is 49.6 Å². The Bertz CT molecular complexity index is 233. The lowest BCUT2D eigenvalue weighted by atomic mass is 10.1. The summed E-state index contributed by atoms with van der Waals surface area (Å²) in [5, 5.41) is 6.01. The van der Waals surface area contributed by atoms with Gasteiger partial charge < -0.3 is 15.5 Å². The van der Waals surface area contributed by atoms with Gasteiger partial charge in [-0.3, -0.25) is 4.79 Å². The molecule has 0 aliphatic carbocycles. The van der Waals surface area contributed by atoms with E-state index in [9.17, 15) is 4.79 Å². The van der Waals surface area contributed by atoms with Gasteiger partial charge in [-0.1, -0.05) is 12.8 Å². The number of carbonyl (C=O) groups is 1. The molecule has 1 rings (SSSR count). The number of carbonyl (C=O) groups excluding carboxylic acids is 1. The normalized spacial score (nSPS) is 18.8. The van der Waals surface area contributed by atoms with Crippen LogP contribution in [0.15, 0.2) is 0 Å². The van der Waals surface area contributed by atoms with E-state index < -0.39 is 5.54 Å². The summed E-state index contributed by atoms with van der Waals surface area (Å²) in [7, 11) is 1.81. The highest BCUT2D eigenvalue weighted by Gasteiger charge is 2.24. The van der Waals surface area contributed by atoms with E-state index in [1.807, 2.05) is 20.9 Å². The SMILES string of the molecule is CNC(C)(C)C(=O)NCCN1CCCCCC1. The van der Waals surface area contributed by atoms with Crippen LogP contribution >= 0.6 is 0 Å². The summed E-state index contributed by atoms with van der Waals surface area (Å²) in [5.41, 5.74) is -0.473. The van der Waals surface area contributed by atoms with Crippen LogP contribution in [0.25, 0.3) is 0 Å². The van der Waals surface area contributed by atoms with Crippen LogP contribution < -0.4 is 10.6 Å². The summed E-state index contributed by atoms with van der Waals surface area (Å²) < 4.78 is 0. The number of nitrogens with one attached hydrogen (secondary N) is 2. The molecule has 2 N–H and O–H groups in total. The number of hydrogen-bond acceptors (Lipinski definition) is 3. The molecule has 0 saturated carbocycles. The first-order chi connectivity index (χ1) is 8.06. The van der Waals surface area contributed by atoms with Crippen molar-refractivity contribution in [1.29, 1.82) is 0 Å². The minimum Gasteiger partial charge on any atom is -0.353 e. The fraction of sp³-hybridized carbons (Fsp3) is 0.923. The maximum Gasteiger partial charge on any atom is 0.239 e. The van der Waals surface area contributed by atoms with E-state index in [0.29, 0.717) is 0 Å². The number of rotatable bonds is 5. The molecule has 1 amide bonds. The Balaban J connectivity index is 2.20. The predicted octanol–water partition coefficient (Wildman–Crippen LogP) is 0.977. The summed E-state index contributed by atoms with van der Waals surface area (Å²) in [6.45, 7) is 7.90. The van der Waals surface area contributed by atoms with Crippen LogP contribution in [0, 0.1) is 0 Å². The average Bonchev–Trinajstić information content (AvgIpc) is 2.57. The largest absolute Gasteiger partial charge is 0.353 e. The first kappa shape index (κ1) is 14.5. The van der Waals surface area contributed by atoms with E-state index in [1.54, 1.807) is 0 Å². The van der Waals surface area contributed by atoms with Crippen LogP contribution in [0.5, 0.6) is 0 Å². The fourth-order valence-corrected chi connectivity index (χ4v) is 2.02. The second kappa shape index (κ2) is 6.97. The van der Waals surface area contributed by atoms with Crippen molar-refractivity contribution in [2.75, 3.05) is 33.2 Å². The van der Waals surface area contributed by atoms with Gasteiger partial charge >= 0.3 is 0 Å². The molecular weight excluding hydrogens is 214 g/mol. The summed E-state index contributed by atoms with van der Waals surface area (Å²) in [5.74, 6) is 0.0785. The topological polar surface area (TPSA) is 44.4 Å². The zero-order valence-electron chi connectivity index (χ0n) is 11.5. The van der Waals surface area contributed by atoms with Gasteiger partial charge in [0.1, 0.15) is 0 Å². The van der Waals surface area contributed by atoms with Crippen LogP contribution in [0.1, 0.15) is 39.5 Å². The summed E-state index contributed by atoms with van der Waals surface area (Å²) in [6, 6.07) is 0. The van der Waals surface area contributed by atoms with Gasteiger partial charge in [0, 0.05) is 13.1 Å². The quantitative estimate of drug-likeness (QED) is 0.754. The molecule has 0 atom stereocenters. The molecule has 0 aromatic carbocycles. The zero-order valence-corrected chi connectivity index (χ0v) is 11.5. The molecule has 4 heteroatoms. The number of hydrogen-bond donors (Lipinski definition) is 2. The Labute approximate surface area is 105 Å². The van der Waals surface area contributed by atoms with E-state index in [-0.39, 0.29) is 5.91 Å². The van der Waals surface area contributed by atoms with E-state index in [1.165, 1.54) is 38.8 Å². The highest BCUT2D eigenvalue weighted by Crippen LogP contribution is 2.08. The summed E-state index contributed by atoms with van der Waals surface area (Å²) in [6.07, 6.45) is 5.32. The molecular formula is C13H27N3O. The lowest BCUT2D eigenvalue weighted by molar-refractivity contribution is -0.126. The van der Waals surface area contributed by atoms with Crippen LogP contribution in [0.3, 0.4) is 0 Å². The fourth-order valence-electron chi connectivity index (χ4n) is 2.02. The van der Waals surface area contributed by atoms with Gasteiger partial charge in [-0.25, -0.2) is 0 Å². The van der Waals surface area contributed by atoms with Gasteiger partial charge in [0.25, 0.3) is 0 Å². The lowest BCUT2D eigenvalue weighted by Crippen LogP contribution is -2.52. The third kappa shape index (κ3) is 5.04. The van der Waals surface area contributed by atoms with Gasteiger partial charge in [-0.05, 0) is 46.8 Å². The molecule has 0 aromatic rings. The molecule has 1 fully saturated rings. The molecule has 0 bridgehead atoms. The summed E-state index contributed by atoms with van der Waals surface area (Å²) >= 11 is 0. The van der Waals surface area contributed by atoms with Gasteiger partial charge in [-0.2, -0.15) is 0 Å². The maximum absolute atomic E-state index is 11.8. The first-order valence-corrected chi connectivity index (χ1v) is 6.76. The minimum absolute atomic E-state index is 0.0785. The molecule has 1 aliphatic rings. The van der Waals surface area contributed by atoms with Crippen molar-refractivity contribution in [1.82, 2.24) is 15.5 Å². The van der Waals surface area contributed by atoms with E-state index in [0.717, 1.165) is 13.1 Å². The number of likely N-dealkylation sites (tertiary alicyclic amines) is 1.